The van der Waals surface area contributed by atoms with Crippen LogP contribution in [0.2, 0.25) is 0 Å². The number of quaternary nitrogens is 1. The van der Waals surface area contributed by atoms with E-state index in [0.29, 0.717) is 25.7 Å². The second-order valence-corrected chi connectivity index (χ2v) is 8.97. The van der Waals surface area contributed by atoms with Crippen LogP contribution in [0.3, 0.4) is 0 Å². The van der Waals surface area contributed by atoms with Crippen molar-refractivity contribution in [3.63, 3.8) is 0 Å². The van der Waals surface area contributed by atoms with Gasteiger partial charge >= 0.3 is 0 Å². The third-order valence-electron chi connectivity index (χ3n) is 7.00. The van der Waals surface area contributed by atoms with E-state index in [1.54, 1.807) is 12.2 Å². The Morgan fingerprint density at radius 2 is 1.10 bits per heavy atom. The number of likely N-dealkylation sites (tertiary alicyclic amines) is 1. The van der Waals surface area contributed by atoms with Crippen LogP contribution in [0.4, 0.5) is 0 Å². The van der Waals surface area contributed by atoms with Gasteiger partial charge in [0.1, 0.15) is 12.1 Å². The molecule has 0 bridgehead atoms. The highest BCUT2D eigenvalue weighted by molar-refractivity contribution is 5.18. The summed E-state index contributed by atoms with van der Waals surface area (Å²) < 4.78 is -0.277. The molecule has 1 fully saturated rings. The molecule has 166 valence electrons. The maximum atomic E-state index is 11.9. The van der Waals surface area contributed by atoms with Gasteiger partial charge in [-0.15, -0.1) is 13.2 Å². The summed E-state index contributed by atoms with van der Waals surface area (Å²) >= 11 is 0. The Labute approximate surface area is 186 Å². The van der Waals surface area contributed by atoms with Crippen molar-refractivity contribution in [1.82, 2.24) is 0 Å². The van der Waals surface area contributed by atoms with Crippen LogP contribution in [-0.4, -0.2) is 51.4 Å². The molecule has 1 aliphatic rings. The molecule has 1 saturated heterocycles. The average Bonchev–Trinajstić information content (AvgIpc) is 2.82. The molecule has 3 N–H and O–H groups in total. The van der Waals surface area contributed by atoms with Gasteiger partial charge in [0.05, 0.1) is 19.3 Å². The Hall–Kier alpha value is -2.24. The minimum atomic E-state index is -0.960. The maximum Gasteiger partial charge on any atom is 0.128 e. The van der Waals surface area contributed by atoms with E-state index in [9.17, 15) is 15.4 Å². The van der Waals surface area contributed by atoms with Gasteiger partial charge in [0, 0.05) is 24.7 Å². The van der Waals surface area contributed by atoms with E-state index in [-0.39, 0.29) is 28.6 Å². The van der Waals surface area contributed by atoms with Crippen molar-refractivity contribution in [2.75, 3.05) is 7.05 Å². The van der Waals surface area contributed by atoms with E-state index in [1.165, 1.54) is 0 Å². The fourth-order valence-electron chi connectivity index (χ4n) is 5.39. The molecule has 1 aliphatic heterocycles. The number of nitrogens with zero attached hydrogens (tertiary/aromatic N) is 1. The molecular weight excluding hydrogens is 386 g/mol. The smallest absolute Gasteiger partial charge is 0.128 e. The first-order valence-electron chi connectivity index (χ1n) is 11.1. The van der Waals surface area contributed by atoms with Crippen molar-refractivity contribution in [3.8, 4) is 0 Å². The Bertz CT molecular complexity index is 767. The first-order valence-corrected chi connectivity index (χ1v) is 11.1. The number of hydrogen-bond donors (Lipinski definition) is 3. The predicted molar refractivity (Wildman–Crippen MR) is 124 cm³/mol. The second kappa shape index (κ2) is 10.4. The van der Waals surface area contributed by atoms with Crippen LogP contribution in [0.1, 0.15) is 24.0 Å². The van der Waals surface area contributed by atoms with Crippen LogP contribution in [0.15, 0.2) is 86.0 Å². The van der Waals surface area contributed by atoms with Crippen LogP contribution in [0.5, 0.6) is 0 Å². The van der Waals surface area contributed by atoms with Crippen molar-refractivity contribution in [2.24, 2.45) is 11.8 Å². The molecule has 2 aromatic carbocycles. The Balaban J connectivity index is 2.05. The molecule has 0 radical (unpaired) electrons. The molecule has 0 spiro atoms. The summed E-state index contributed by atoms with van der Waals surface area (Å²) in [6, 6.07) is 19.3. The first kappa shape index (κ1) is 23.4. The number of hydrogen-bond acceptors (Lipinski definition) is 3. The number of benzene rings is 2. The van der Waals surface area contributed by atoms with Crippen molar-refractivity contribution in [2.45, 2.75) is 50.0 Å². The van der Waals surface area contributed by atoms with Crippen LogP contribution >= 0.6 is 0 Å². The zero-order valence-corrected chi connectivity index (χ0v) is 18.4. The van der Waals surface area contributed by atoms with Gasteiger partial charge in [-0.25, -0.2) is 5.21 Å². The summed E-state index contributed by atoms with van der Waals surface area (Å²) in [5, 5.41) is 34.7. The monoisotopic (exact) mass is 422 g/mol. The van der Waals surface area contributed by atoms with Gasteiger partial charge < -0.3 is 10.2 Å². The highest BCUT2D eigenvalue weighted by atomic mass is 16.5. The topological polar surface area (TPSA) is 60.7 Å². The van der Waals surface area contributed by atoms with Gasteiger partial charge in [0.25, 0.3) is 0 Å². The van der Waals surface area contributed by atoms with E-state index in [2.05, 4.69) is 13.2 Å². The lowest BCUT2D eigenvalue weighted by Gasteiger charge is -2.43. The Morgan fingerprint density at radius 1 is 0.742 bits per heavy atom. The van der Waals surface area contributed by atoms with Crippen LogP contribution in [0.25, 0.3) is 0 Å². The molecule has 0 amide bonds. The second-order valence-electron chi connectivity index (χ2n) is 8.97. The van der Waals surface area contributed by atoms with E-state index >= 15 is 0 Å². The summed E-state index contributed by atoms with van der Waals surface area (Å²) in [4.78, 5) is 0. The molecule has 6 unspecified atom stereocenters. The lowest BCUT2D eigenvalue weighted by Crippen LogP contribution is -2.60. The van der Waals surface area contributed by atoms with E-state index in [0.717, 1.165) is 11.1 Å². The summed E-state index contributed by atoms with van der Waals surface area (Å²) in [5.41, 5.74) is 2.16. The van der Waals surface area contributed by atoms with Gasteiger partial charge in [-0.05, 0) is 24.0 Å². The number of hydroxylamine groups is 3. The molecule has 1 heterocycles. The van der Waals surface area contributed by atoms with Crippen LogP contribution in [0, 0.1) is 11.8 Å². The normalized spacial score (nSPS) is 33.4. The molecule has 6 atom stereocenters. The molecule has 0 aromatic heterocycles. The zero-order chi connectivity index (χ0) is 22.4. The zero-order valence-electron chi connectivity index (χ0n) is 18.4. The third kappa shape index (κ3) is 5.16. The summed E-state index contributed by atoms with van der Waals surface area (Å²) in [6.45, 7) is 7.82. The van der Waals surface area contributed by atoms with Crippen molar-refractivity contribution in [3.05, 3.63) is 97.1 Å². The molecular formula is C27H36NO3+. The molecule has 2 aromatic rings. The van der Waals surface area contributed by atoms with Crippen LogP contribution in [-0.2, 0) is 12.8 Å². The lowest BCUT2D eigenvalue weighted by molar-refractivity contribution is -1.13. The van der Waals surface area contributed by atoms with E-state index < -0.39 is 12.2 Å². The maximum absolute atomic E-state index is 11.9. The third-order valence-corrected chi connectivity index (χ3v) is 7.00. The van der Waals surface area contributed by atoms with Crippen LogP contribution < -0.4 is 0 Å². The summed E-state index contributed by atoms with van der Waals surface area (Å²) in [7, 11) is 1.81. The van der Waals surface area contributed by atoms with Crippen molar-refractivity contribution in [1.29, 1.82) is 0 Å². The highest BCUT2D eigenvalue weighted by Gasteiger charge is 2.55. The molecule has 4 heteroatoms. The lowest BCUT2D eigenvalue weighted by atomic mass is 9.80. The highest BCUT2D eigenvalue weighted by Crippen LogP contribution is 2.40. The minimum Gasteiger partial charge on any atom is -0.390 e. The van der Waals surface area contributed by atoms with Gasteiger partial charge in [-0.2, -0.15) is 4.65 Å². The predicted octanol–water partition coefficient (Wildman–Crippen LogP) is 4.16. The van der Waals surface area contributed by atoms with Gasteiger partial charge in [-0.3, -0.25) is 0 Å². The summed E-state index contributed by atoms with van der Waals surface area (Å²) in [5.74, 6) is -0.642. The average molecular weight is 423 g/mol. The Kier molecular flexibility index (Phi) is 7.84. The Morgan fingerprint density at radius 3 is 1.42 bits per heavy atom. The van der Waals surface area contributed by atoms with E-state index in [1.807, 2.05) is 67.7 Å². The quantitative estimate of drug-likeness (QED) is 0.442. The van der Waals surface area contributed by atoms with Gasteiger partial charge in [0.2, 0.25) is 0 Å². The fraction of sp³-hybridized carbons (Fsp3) is 0.407. The summed E-state index contributed by atoms with van der Waals surface area (Å²) in [6.07, 6.45) is 3.92. The van der Waals surface area contributed by atoms with Crippen molar-refractivity contribution < 1.29 is 20.1 Å². The molecule has 31 heavy (non-hydrogen) atoms. The van der Waals surface area contributed by atoms with Gasteiger partial charge in [0.15, 0.2) is 0 Å². The molecule has 4 nitrogen and oxygen atoms in total. The van der Waals surface area contributed by atoms with E-state index in [4.69, 9.17) is 0 Å². The molecule has 0 aliphatic carbocycles. The standard InChI is InChI=1S/C27H36NO3/c1-4-12-24-22(18-20-14-8-6-9-15-20)26(29)27(30)23(19-21-16-10-7-11-17-21)25(13-5-2)28(24,3)31/h4-11,14-17,22-27,29-31H,1-2,12-13,18-19H2,3H3/q+1. The van der Waals surface area contributed by atoms with Crippen molar-refractivity contribution >= 4 is 0 Å². The number of rotatable bonds is 8. The number of aliphatic hydroxyl groups excluding tert-OH is 2. The molecule has 3 rings (SSSR count). The SMILES string of the molecule is C=CCC1C(Cc2ccccc2)C(O)C(O)C(Cc2ccccc2)C(CC=C)[N+]1(C)O. The van der Waals surface area contributed by atoms with Gasteiger partial charge in [-0.1, -0.05) is 72.8 Å². The number of aliphatic hydroxyl groups is 2. The fourth-order valence-corrected chi connectivity index (χ4v) is 5.39. The largest absolute Gasteiger partial charge is 0.390 e. The first-order chi connectivity index (χ1) is 14.9. The minimum absolute atomic E-state index is 0.277. The molecule has 0 saturated carbocycles.